The summed E-state index contributed by atoms with van der Waals surface area (Å²) in [5, 5.41) is 0. The summed E-state index contributed by atoms with van der Waals surface area (Å²) < 4.78 is 0. The first kappa shape index (κ1) is 20.8. The second-order valence-electron chi connectivity index (χ2n) is 8.63. The molecule has 3 nitrogen and oxygen atoms in total. The van der Waals surface area contributed by atoms with E-state index in [0.717, 1.165) is 33.9 Å². The van der Waals surface area contributed by atoms with Crippen molar-refractivity contribution in [2.45, 2.75) is 19.3 Å². The minimum atomic E-state index is -0.159. The zero-order valence-electron chi connectivity index (χ0n) is 18.8. The Labute approximate surface area is 194 Å². The van der Waals surface area contributed by atoms with Gasteiger partial charge in [0.15, 0.2) is 0 Å². The molecule has 0 unspecified atom stereocenters. The number of nitrogens with zero attached hydrogens (tertiary/aromatic N) is 3. The lowest BCUT2D eigenvalue weighted by Crippen LogP contribution is -2.19. The molecule has 5 rings (SSSR count). The van der Waals surface area contributed by atoms with Crippen molar-refractivity contribution < 1.29 is 0 Å². The summed E-state index contributed by atoms with van der Waals surface area (Å²) in [5.74, 6) is 0. The van der Waals surface area contributed by atoms with Crippen LogP contribution in [0, 0.1) is 0 Å². The number of hydrogen-bond donors (Lipinski definition) is 0. The smallest absolute Gasteiger partial charge is 0.0893 e. The minimum Gasteiger partial charge on any atom is -0.264 e. The van der Waals surface area contributed by atoms with Gasteiger partial charge in [0.2, 0.25) is 0 Å². The van der Waals surface area contributed by atoms with Crippen LogP contribution in [0.4, 0.5) is 0 Å². The van der Waals surface area contributed by atoms with Crippen molar-refractivity contribution in [3.63, 3.8) is 0 Å². The van der Waals surface area contributed by atoms with Gasteiger partial charge in [-0.15, -0.1) is 0 Å². The predicted octanol–water partition coefficient (Wildman–Crippen LogP) is 7.20. The molecule has 0 N–H and O–H groups in total. The van der Waals surface area contributed by atoms with E-state index in [1.165, 1.54) is 11.1 Å². The van der Waals surface area contributed by atoms with E-state index < -0.39 is 0 Å². The summed E-state index contributed by atoms with van der Waals surface area (Å²) in [6, 6.07) is 35.2. The fraction of sp³-hybridized carbons (Fsp3) is 0.100. The molecule has 5 aromatic rings. The number of hydrogen-bond acceptors (Lipinski definition) is 3. The van der Waals surface area contributed by atoms with Gasteiger partial charge in [0.25, 0.3) is 0 Å². The third kappa shape index (κ3) is 4.31. The van der Waals surface area contributed by atoms with Gasteiger partial charge in [-0.1, -0.05) is 80.6 Å². The SMILES string of the molecule is CC(C)(c1cccnc1)c1cccc(-c2cccc(-c3cccc(-c4ccccc4)n3)n2)c1. The molecule has 0 bridgehead atoms. The fourth-order valence-corrected chi connectivity index (χ4v) is 4.05. The van der Waals surface area contributed by atoms with Crippen LogP contribution in [0.3, 0.4) is 0 Å². The first-order valence-electron chi connectivity index (χ1n) is 11.1. The molecule has 0 aliphatic heterocycles. The molecule has 0 radical (unpaired) electrons. The van der Waals surface area contributed by atoms with Crippen molar-refractivity contribution in [1.82, 2.24) is 15.0 Å². The Bertz CT molecular complexity index is 1380. The van der Waals surface area contributed by atoms with E-state index in [4.69, 9.17) is 9.97 Å². The molecule has 2 aromatic carbocycles. The Morgan fingerprint density at radius 1 is 0.515 bits per heavy atom. The quantitative estimate of drug-likeness (QED) is 0.298. The van der Waals surface area contributed by atoms with Gasteiger partial charge in [-0.2, -0.15) is 0 Å². The van der Waals surface area contributed by atoms with Crippen molar-refractivity contribution in [1.29, 1.82) is 0 Å². The van der Waals surface area contributed by atoms with E-state index >= 15 is 0 Å². The lowest BCUT2D eigenvalue weighted by atomic mass is 9.78. The predicted molar refractivity (Wildman–Crippen MR) is 135 cm³/mol. The summed E-state index contributed by atoms with van der Waals surface area (Å²) in [7, 11) is 0. The van der Waals surface area contributed by atoms with Crippen LogP contribution in [0.1, 0.15) is 25.0 Å². The highest BCUT2D eigenvalue weighted by Gasteiger charge is 2.23. The van der Waals surface area contributed by atoms with Gasteiger partial charge in [0.1, 0.15) is 0 Å². The van der Waals surface area contributed by atoms with E-state index in [9.17, 15) is 0 Å². The van der Waals surface area contributed by atoms with E-state index in [1.54, 1.807) is 0 Å². The van der Waals surface area contributed by atoms with Gasteiger partial charge in [-0.05, 0) is 47.5 Å². The maximum absolute atomic E-state index is 4.97. The van der Waals surface area contributed by atoms with E-state index in [2.05, 4.69) is 67.4 Å². The maximum atomic E-state index is 4.97. The average Bonchev–Trinajstić information content (AvgIpc) is 2.90. The molecule has 0 aliphatic rings. The second kappa shape index (κ2) is 8.79. The third-order valence-electron chi connectivity index (χ3n) is 6.09. The summed E-state index contributed by atoms with van der Waals surface area (Å²) >= 11 is 0. The largest absolute Gasteiger partial charge is 0.264 e. The lowest BCUT2D eigenvalue weighted by molar-refractivity contribution is 0.637. The van der Waals surface area contributed by atoms with E-state index in [0.29, 0.717) is 0 Å². The summed E-state index contributed by atoms with van der Waals surface area (Å²) in [4.78, 5) is 14.2. The summed E-state index contributed by atoms with van der Waals surface area (Å²) in [5.41, 5.74) is 8.05. The van der Waals surface area contributed by atoms with Crippen LogP contribution in [-0.4, -0.2) is 15.0 Å². The molecular formula is C30H25N3. The molecule has 3 heterocycles. The lowest BCUT2D eigenvalue weighted by Gasteiger charge is -2.26. The van der Waals surface area contributed by atoms with Crippen molar-refractivity contribution in [3.05, 3.63) is 127 Å². The van der Waals surface area contributed by atoms with Gasteiger partial charge in [0.05, 0.1) is 22.8 Å². The second-order valence-corrected chi connectivity index (χ2v) is 8.63. The molecule has 0 aliphatic carbocycles. The molecule has 0 saturated carbocycles. The molecule has 0 spiro atoms. The molecule has 0 amide bonds. The van der Waals surface area contributed by atoms with Crippen LogP contribution in [0.25, 0.3) is 33.9 Å². The van der Waals surface area contributed by atoms with Crippen molar-refractivity contribution >= 4 is 0 Å². The first-order chi connectivity index (χ1) is 16.1. The Kier molecular flexibility index (Phi) is 5.54. The topological polar surface area (TPSA) is 38.7 Å². The molecule has 0 atom stereocenters. The molecule has 160 valence electrons. The van der Waals surface area contributed by atoms with Crippen molar-refractivity contribution in [3.8, 4) is 33.9 Å². The standard InChI is InChI=1S/C30H25N3/c1-30(2,25-14-9-19-31-21-25)24-13-6-12-23(20-24)27-16-8-18-29(33-27)28-17-7-15-26(32-28)22-10-4-3-5-11-22/h3-21H,1-2H3. The minimum absolute atomic E-state index is 0.159. The molecule has 0 fully saturated rings. The highest BCUT2D eigenvalue weighted by Crippen LogP contribution is 2.33. The maximum Gasteiger partial charge on any atom is 0.0893 e. The third-order valence-corrected chi connectivity index (χ3v) is 6.09. The first-order valence-corrected chi connectivity index (χ1v) is 11.1. The van der Waals surface area contributed by atoms with Crippen LogP contribution in [0.2, 0.25) is 0 Å². The Hall–Kier alpha value is -4.11. The van der Waals surface area contributed by atoms with Crippen LogP contribution in [0.15, 0.2) is 116 Å². The van der Waals surface area contributed by atoms with Crippen molar-refractivity contribution in [2.75, 3.05) is 0 Å². The highest BCUT2D eigenvalue weighted by atomic mass is 14.8. The van der Waals surface area contributed by atoms with Gasteiger partial charge >= 0.3 is 0 Å². The molecule has 0 saturated heterocycles. The normalized spacial score (nSPS) is 11.3. The number of pyridine rings is 3. The fourth-order valence-electron chi connectivity index (χ4n) is 4.05. The number of rotatable bonds is 5. The van der Waals surface area contributed by atoms with Crippen LogP contribution >= 0.6 is 0 Å². The van der Waals surface area contributed by atoms with Crippen LogP contribution < -0.4 is 0 Å². The van der Waals surface area contributed by atoms with Gasteiger partial charge in [0, 0.05) is 28.9 Å². The Morgan fingerprint density at radius 2 is 1.09 bits per heavy atom. The van der Waals surface area contributed by atoms with Crippen LogP contribution in [-0.2, 0) is 5.41 Å². The number of benzene rings is 2. The molecular weight excluding hydrogens is 402 g/mol. The summed E-state index contributed by atoms with van der Waals surface area (Å²) in [6.07, 6.45) is 3.75. The monoisotopic (exact) mass is 427 g/mol. The van der Waals surface area contributed by atoms with Gasteiger partial charge in [-0.3, -0.25) is 4.98 Å². The van der Waals surface area contributed by atoms with Crippen LogP contribution in [0.5, 0.6) is 0 Å². The zero-order chi connectivity index (χ0) is 22.7. The van der Waals surface area contributed by atoms with Crippen molar-refractivity contribution in [2.24, 2.45) is 0 Å². The highest BCUT2D eigenvalue weighted by molar-refractivity contribution is 5.68. The Morgan fingerprint density at radius 3 is 1.76 bits per heavy atom. The van der Waals surface area contributed by atoms with Gasteiger partial charge < -0.3 is 0 Å². The van der Waals surface area contributed by atoms with E-state index in [1.807, 2.05) is 67.0 Å². The molecule has 3 heteroatoms. The molecule has 33 heavy (non-hydrogen) atoms. The molecule has 3 aromatic heterocycles. The number of aromatic nitrogens is 3. The summed E-state index contributed by atoms with van der Waals surface area (Å²) in [6.45, 7) is 4.46. The Balaban J connectivity index is 1.50. The van der Waals surface area contributed by atoms with Gasteiger partial charge in [-0.25, -0.2) is 9.97 Å². The zero-order valence-corrected chi connectivity index (χ0v) is 18.8. The van der Waals surface area contributed by atoms with E-state index in [-0.39, 0.29) is 5.41 Å². The average molecular weight is 428 g/mol.